The molecule has 0 fully saturated rings. The van der Waals surface area contributed by atoms with Crippen LogP contribution in [0.1, 0.15) is 54.4 Å². The Morgan fingerprint density at radius 3 is 2.00 bits per heavy atom. The van der Waals surface area contributed by atoms with Gasteiger partial charge in [-0.25, -0.2) is 4.79 Å². The lowest BCUT2D eigenvalue weighted by atomic mass is 9.68. The molecule has 0 spiro atoms. The minimum atomic E-state index is -1.18. The Morgan fingerprint density at radius 2 is 1.56 bits per heavy atom. The largest absolute Gasteiger partial charge is 0.478 e. The van der Waals surface area contributed by atoms with Crippen LogP contribution in [0.3, 0.4) is 0 Å². The number of rotatable bonds is 12. The Morgan fingerprint density at radius 1 is 1.04 bits per heavy atom. The van der Waals surface area contributed by atoms with Crippen LogP contribution in [0, 0.1) is 16.7 Å². The molecule has 0 saturated carbocycles. The van der Waals surface area contributed by atoms with Crippen LogP contribution in [0.15, 0.2) is 12.2 Å². The third kappa shape index (κ3) is 10.1. The minimum Gasteiger partial charge on any atom is -0.478 e. The molecule has 156 valence electrons. The van der Waals surface area contributed by atoms with E-state index < -0.39 is 17.3 Å². The maximum Gasteiger partial charge on any atom is 0.331 e. The third-order valence-corrected chi connectivity index (χ3v) is 4.47. The molecule has 0 heterocycles. The Bertz CT molecular complexity index is 537. The molecule has 0 bridgehead atoms. The summed E-state index contributed by atoms with van der Waals surface area (Å²) in [4.78, 5) is 34.7. The Kier molecular flexibility index (Phi) is 10.3. The molecule has 0 rings (SSSR count). The summed E-state index contributed by atoms with van der Waals surface area (Å²) in [5.74, 6) is -1.35. The number of amides is 2. The molecule has 27 heavy (non-hydrogen) atoms. The number of hydrogen-bond acceptors (Lipinski definition) is 4. The predicted molar refractivity (Wildman–Crippen MR) is 105 cm³/mol. The first-order valence-electron chi connectivity index (χ1n) is 9.33. The van der Waals surface area contributed by atoms with Crippen molar-refractivity contribution in [1.29, 1.82) is 0 Å². The molecule has 0 aliphatic rings. The third-order valence-electron chi connectivity index (χ3n) is 4.47. The van der Waals surface area contributed by atoms with Gasteiger partial charge in [-0.15, -0.1) is 0 Å². The summed E-state index contributed by atoms with van der Waals surface area (Å²) < 4.78 is 5.39. The van der Waals surface area contributed by atoms with Gasteiger partial charge in [0.05, 0.1) is 19.6 Å². The number of carbonyl (C=O) groups is 3. The average molecular weight is 385 g/mol. The van der Waals surface area contributed by atoms with Gasteiger partial charge in [-0.3, -0.25) is 9.59 Å². The van der Waals surface area contributed by atoms with Gasteiger partial charge in [-0.2, -0.15) is 0 Å². The first-order valence-corrected chi connectivity index (χ1v) is 9.33. The van der Waals surface area contributed by atoms with Crippen LogP contribution in [0.25, 0.3) is 0 Å². The van der Waals surface area contributed by atoms with Crippen molar-refractivity contribution in [1.82, 2.24) is 10.6 Å². The fraction of sp³-hybridized carbons (Fsp3) is 0.750. The van der Waals surface area contributed by atoms with Crippen molar-refractivity contribution in [2.24, 2.45) is 16.7 Å². The number of carbonyl (C=O) groups excluding carboxylic acids is 2. The second-order valence-corrected chi connectivity index (χ2v) is 8.61. The van der Waals surface area contributed by atoms with Crippen molar-refractivity contribution in [2.75, 3.05) is 26.3 Å². The van der Waals surface area contributed by atoms with Crippen LogP contribution in [-0.2, 0) is 19.1 Å². The highest BCUT2D eigenvalue weighted by Crippen LogP contribution is 2.39. The van der Waals surface area contributed by atoms with Gasteiger partial charge >= 0.3 is 5.97 Å². The monoisotopic (exact) mass is 384 g/mol. The number of hydrogen-bond donors (Lipinski definition) is 3. The van der Waals surface area contributed by atoms with Crippen molar-refractivity contribution in [3.05, 3.63) is 12.2 Å². The van der Waals surface area contributed by atoms with E-state index in [-0.39, 0.29) is 42.4 Å². The van der Waals surface area contributed by atoms with Gasteiger partial charge in [0, 0.05) is 24.1 Å². The van der Waals surface area contributed by atoms with E-state index in [4.69, 9.17) is 9.84 Å². The topological polar surface area (TPSA) is 105 Å². The number of aliphatic carboxylic acids is 1. The van der Waals surface area contributed by atoms with Gasteiger partial charge in [0.15, 0.2) is 0 Å². The van der Waals surface area contributed by atoms with Gasteiger partial charge in [-0.05, 0) is 17.8 Å². The summed E-state index contributed by atoms with van der Waals surface area (Å²) >= 11 is 0. The lowest BCUT2D eigenvalue weighted by Gasteiger charge is -2.37. The minimum absolute atomic E-state index is 0.0245. The molecule has 2 amide bonds. The molecule has 0 aromatic rings. The zero-order valence-electron chi connectivity index (χ0n) is 17.6. The highest BCUT2D eigenvalue weighted by atomic mass is 16.5. The molecule has 0 saturated heterocycles. The quantitative estimate of drug-likeness (QED) is 0.354. The van der Waals surface area contributed by atoms with Crippen molar-refractivity contribution in [3.63, 3.8) is 0 Å². The molecule has 1 atom stereocenters. The van der Waals surface area contributed by atoms with E-state index in [1.165, 1.54) is 0 Å². The van der Waals surface area contributed by atoms with Gasteiger partial charge in [0.25, 0.3) is 0 Å². The molecule has 7 nitrogen and oxygen atoms in total. The van der Waals surface area contributed by atoms with Gasteiger partial charge in [0.2, 0.25) is 11.8 Å². The maximum absolute atomic E-state index is 12.6. The average Bonchev–Trinajstić information content (AvgIpc) is 2.51. The maximum atomic E-state index is 12.6. The lowest BCUT2D eigenvalue weighted by molar-refractivity contribution is -0.135. The molecule has 0 aliphatic heterocycles. The molecule has 0 aromatic heterocycles. The van der Waals surface area contributed by atoms with E-state index in [9.17, 15) is 14.4 Å². The van der Waals surface area contributed by atoms with Crippen LogP contribution >= 0.6 is 0 Å². The number of ether oxygens (including phenoxy) is 1. The van der Waals surface area contributed by atoms with E-state index in [0.717, 1.165) is 6.42 Å². The Balaban J connectivity index is 4.10. The van der Waals surface area contributed by atoms with Gasteiger partial charge in [0.1, 0.15) is 0 Å². The molecule has 0 aromatic carbocycles. The predicted octanol–water partition coefficient (Wildman–Crippen LogP) is 2.36. The highest BCUT2D eigenvalue weighted by molar-refractivity contribution is 5.93. The summed E-state index contributed by atoms with van der Waals surface area (Å²) in [5.41, 5.74) is -0.546. The number of carboxylic acid groups (broad SMARTS) is 1. The molecule has 0 aliphatic carbocycles. The Labute approximate surface area is 162 Å². The second-order valence-electron chi connectivity index (χ2n) is 8.61. The van der Waals surface area contributed by atoms with E-state index in [0.29, 0.717) is 13.2 Å². The molecule has 1 unspecified atom stereocenters. The number of nitrogens with one attached hydrogen (secondary N) is 2. The van der Waals surface area contributed by atoms with E-state index >= 15 is 0 Å². The standard InChI is InChI=1S/C20H36N2O5/c1-14(2)20(7,13-19(4,5)6)18(26)22-9-11-27-10-8-21-16(23)12-15(3)17(24)25/h14H,3,8-13H2,1-2,4-7H3,(H,21,23)(H,22,26)(H,24,25). The van der Waals surface area contributed by atoms with Gasteiger partial charge < -0.3 is 20.5 Å². The first-order chi connectivity index (χ1) is 12.3. The zero-order chi connectivity index (χ0) is 21.3. The fourth-order valence-electron chi connectivity index (χ4n) is 2.78. The molecule has 0 radical (unpaired) electrons. The summed E-state index contributed by atoms with van der Waals surface area (Å²) in [6.45, 7) is 17.1. The van der Waals surface area contributed by atoms with Gasteiger partial charge in [-0.1, -0.05) is 48.1 Å². The van der Waals surface area contributed by atoms with E-state index in [1.807, 2.05) is 6.92 Å². The SMILES string of the molecule is C=C(CC(=O)NCCOCCNC(=O)C(C)(CC(C)(C)C)C(C)C)C(=O)O. The summed E-state index contributed by atoms with van der Waals surface area (Å²) in [6.07, 6.45) is 0.547. The van der Waals surface area contributed by atoms with Crippen LogP contribution in [0.2, 0.25) is 0 Å². The Hall–Kier alpha value is -1.89. The van der Waals surface area contributed by atoms with Crippen LogP contribution < -0.4 is 10.6 Å². The molecular formula is C20H36N2O5. The van der Waals surface area contributed by atoms with Crippen molar-refractivity contribution >= 4 is 17.8 Å². The fourth-order valence-corrected chi connectivity index (χ4v) is 2.78. The normalized spacial score (nSPS) is 13.7. The van der Waals surface area contributed by atoms with E-state index in [1.54, 1.807) is 0 Å². The van der Waals surface area contributed by atoms with Crippen LogP contribution in [0.5, 0.6) is 0 Å². The smallest absolute Gasteiger partial charge is 0.331 e. The number of carboxylic acids is 1. The first kappa shape index (κ1) is 25.1. The lowest BCUT2D eigenvalue weighted by Crippen LogP contribution is -2.45. The summed E-state index contributed by atoms with van der Waals surface area (Å²) in [5, 5.41) is 14.2. The molecular weight excluding hydrogens is 348 g/mol. The summed E-state index contributed by atoms with van der Waals surface area (Å²) in [7, 11) is 0. The second kappa shape index (κ2) is 11.1. The van der Waals surface area contributed by atoms with Crippen LogP contribution in [0.4, 0.5) is 0 Å². The van der Waals surface area contributed by atoms with Crippen molar-refractivity contribution in [2.45, 2.75) is 54.4 Å². The summed E-state index contributed by atoms with van der Waals surface area (Å²) in [6, 6.07) is 0. The van der Waals surface area contributed by atoms with Crippen molar-refractivity contribution in [3.8, 4) is 0 Å². The van der Waals surface area contributed by atoms with E-state index in [2.05, 4.69) is 51.8 Å². The van der Waals surface area contributed by atoms with Crippen LogP contribution in [-0.4, -0.2) is 49.2 Å². The van der Waals surface area contributed by atoms with Crippen molar-refractivity contribution < 1.29 is 24.2 Å². The molecule has 7 heteroatoms. The molecule has 3 N–H and O–H groups in total. The zero-order valence-corrected chi connectivity index (χ0v) is 17.6. The highest BCUT2D eigenvalue weighted by Gasteiger charge is 2.39.